The van der Waals surface area contributed by atoms with Gasteiger partial charge < -0.3 is 9.52 Å². The van der Waals surface area contributed by atoms with Gasteiger partial charge in [0.25, 0.3) is 0 Å². The van der Waals surface area contributed by atoms with Gasteiger partial charge in [-0.2, -0.15) is 0 Å². The third-order valence-corrected chi connectivity index (χ3v) is 1.91. The number of furan rings is 1. The summed E-state index contributed by atoms with van der Waals surface area (Å²) in [5, 5.41) is 8.64. The fourth-order valence-corrected chi connectivity index (χ4v) is 1.04. The Balaban J connectivity index is 2.64. The van der Waals surface area contributed by atoms with Crippen molar-refractivity contribution in [2.45, 2.75) is 20.3 Å². The Hall–Kier alpha value is -1.25. The minimum absolute atomic E-state index is 0.346. The molecule has 1 rings (SSSR count). The van der Waals surface area contributed by atoms with Gasteiger partial charge in [0.1, 0.15) is 5.76 Å². The maximum absolute atomic E-state index is 10.5. The zero-order valence-corrected chi connectivity index (χ0v) is 7.20. The number of carboxylic acid groups (broad SMARTS) is 1. The number of aryl methyl sites for hydroxylation is 1. The number of rotatable bonds is 3. The average molecular weight is 168 g/mol. The maximum atomic E-state index is 10.5. The second kappa shape index (κ2) is 3.43. The topological polar surface area (TPSA) is 50.4 Å². The van der Waals surface area contributed by atoms with Crippen LogP contribution in [0.1, 0.15) is 18.2 Å². The minimum atomic E-state index is -0.768. The number of carbonyl (C=O) groups is 1. The molecule has 0 saturated carbocycles. The van der Waals surface area contributed by atoms with Gasteiger partial charge in [0.05, 0.1) is 12.2 Å². The molecule has 0 aliphatic carbocycles. The molecule has 1 atom stereocenters. The number of carboxylic acids is 1. The monoisotopic (exact) mass is 168 g/mol. The summed E-state index contributed by atoms with van der Waals surface area (Å²) in [4.78, 5) is 10.5. The molecule has 12 heavy (non-hydrogen) atoms. The highest BCUT2D eigenvalue weighted by molar-refractivity contribution is 5.69. The van der Waals surface area contributed by atoms with Crippen LogP contribution >= 0.6 is 0 Å². The molecule has 1 aromatic rings. The minimum Gasteiger partial charge on any atom is -0.481 e. The van der Waals surface area contributed by atoms with Gasteiger partial charge in [0.2, 0.25) is 0 Å². The smallest absolute Gasteiger partial charge is 0.306 e. The summed E-state index contributed by atoms with van der Waals surface area (Å²) in [6.45, 7) is 3.53. The molecule has 1 aromatic heterocycles. The molecular weight excluding hydrogens is 156 g/mol. The molecule has 0 aliphatic heterocycles. The first kappa shape index (κ1) is 8.84. The van der Waals surface area contributed by atoms with Crippen LogP contribution in [0.2, 0.25) is 0 Å². The molecule has 66 valence electrons. The molecule has 1 unspecified atom stereocenters. The van der Waals surface area contributed by atoms with Crippen LogP contribution < -0.4 is 0 Å². The summed E-state index contributed by atoms with van der Waals surface area (Å²) in [5.41, 5.74) is 0.977. The van der Waals surface area contributed by atoms with E-state index in [9.17, 15) is 4.79 Å². The summed E-state index contributed by atoms with van der Waals surface area (Å²) in [7, 11) is 0. The quantitative estimate of drug-likeness (QED) is 0.749. The second-order valence-corrected chi connectivity index (χ2v) is 2.95. The van der Waals surface area contributed by atoms with Crippen LogP contribution in [-0.2, 0) is 11.2 Å². The second-order valence-electron chi connectivity index (χ2n) is 2.95. The van der Waals surface area contributed by atoms with E-state index in [1.54, 1.807) is 13.2 Å². The Bertz CT molecular complexity index is 275. The lowest BCUT2D eigenvalue weighted by atomic mass is 10.0. The third-order valence-electron chi connectivity index (χ3n) is 1.91. The molecule has 1 N–H and O–H groups in total. The van der Waals surface area contributed by atoms with Crippen molar-refractivity contribution in [3.63, 3.8) is 0 Å². The molecule has 0 fully saturated rings. The van der Waals surface area contributed by atoms with E-state index in [0.29, 0.717) is 6.42 Å². The van der Waals surface area contributed by atoms with E-state index in [2.05, 4.69) is 0 Å². The Labute approximate surface area is 71.0 Å². The van der Waals surface area contributed by atoms with E-state index in [1.165, 1.54) is 0 Å². The zero-order chi connectivity index (χ0) is 9.14. The van der Waals surface area contributed by atoms with Crippen LogP contribution in [0.4, 0.5) is 0 Å². The zero-order valence-electron chi connectivity index (χ0n) is 7.20. The van der Waals surface area contributed by atoms with Crippen molar-refractivity contribution in [3.8, 4) is 0 Å². The molecule has 3 heteroatoms. The molecule has 0 spiro atoms. The van der Waals surface area contributed by atoms with Crippen LogP contribution in [0, 0.1) is 12.8 Å². The number of hydrogen-bond donors (Lipinski definition) is 1. The molecule has 0 saturated heterocycles. The predicted molar refractivity (Wildman–Crippen MR) is 43.9 cm³/mol. The third kappa shape index (κ3) is 1.87. The van der Waals surface area contributed by atoms with Gasteiger partial charge in [0, 0.05) is 0 Å². The number of aliphatic carboxylic acids is 1. The van der Waals surface area contributed by atoms with Gasteiger partial charge in [-0.1, -0.05) is 6.92 Å². The molecule has 0 aromatic carbocycles. The van der Waals surface area contributed by atoms with E-state index in [-0.39, 0.29) is 5.92 Å². The fourth-order valence-electron chi connectivity index (χ4n) is 1.04. The first-order valence-corrected chi connectivity index (χ1v) is 3.87. The van der Waals surface area contributed by atoms with Crippen molar-refractivity contribution >= 4 is 5.97 Å². The van der Waals surface area contributed by atoms with Gasteiger partial charge in [-0.05, 0) is 25.0 Å². The van der Waals surface area contributed by atoms with Gasteiger partial charge in [-0.25, -0.2) is 0 Å². The summed E-state index contributed by atoms with van der Waals surface area (Å²) in [5.74, 6) is -0.306. The maximum Gasteiger partial charge on any atom is 0.306 e. The predicted octanol–water partition coefficient (Wildman–Crippen LogP) is 1.85. The fraction of sp³-hybridized carbons (Fsp3) is 0.444. The van der Waals surface area contributed by atoms with Crippen LogP contribution in [-0.4, -0.2) is 11.1 Å². The standard InChI is InChI=1S/C9H12O3/c1-6(9(10)11)5-8-3-4-12-7(8)2/h3-4,6H,5H2,1-2H3,(H,10,11). The molecule has 1 heterocycles. The van der Waals surface area contributed by atoms with Crippen molar-refractivity contribution in [3.05, 3.63) is 23.7 Å². The van der Waals surface area contributed by atoms with E-state index in [1.807, 2.05) is 13.0 Å². The first-order valence-electron chi connectivity index (χ1n) is 3.87. The summed E-state index contributed by atoms with van der Waals surface area (Å²) in [6, 6.07) is 1.81. The van der Waals surface area contributed by atoms with Crippen LogP contribution in [0.25, 0.3) is 0 Å². The SMILES string of the molecule is Cc1occc1CC(C)C(=O)O. The van der Waals surface area contributed by atoms with Crippen LogP contribution in [0.3, 0.4) is 0 Å². The summed E-state index contributed by atoms with van der Waals surface area (Å²) in [6.07, 6.45) is 2.12. The normalized spacial score (nSPS) is 12.8. The molecule has 3 nitrogen and oxygen atoms in total. The van der Waals surface area contributed by atoms with Crippen molar-refractivity contribution in [2.24, 2.45) is 5.92 Å². The van der Waals surface area contributed by atoms with Crippen LogP contribution in [0.5, 0.6) is 0 Å². The highest BCUT2D eigenvalue weighted by Gasteiger charge is 2.13. The molecule has 0 aliphatic rings. The Morgan fingerprint density at radius 2 is 2.42 bits per heavy atom. The van der Waals surface area contributed by atoms with Crippen molar-refractivity contribution < 1.29 is 14.3 Å². The van der Waals surface area contributed by atoms with E-state index in [4.69, 9.17) is 9.52 Å². The van der Waals surface area contributed by atoms with Gasteiger partial charge >= 0.3 is 5.97 Å². The van der Waals surface area contributed by atoms with E-state index < -0.39 is 5.97 Å². The molecule has 0 amide bonds. The summed E-state index contributed by atoms with van der Waals surface area (Å²) < 4.78 is 5.05. The lowest BCUT2D eigenvalue weighted by molar-refractivity contribution is -0.141. The van der Waals surface area contributed by atoms with Crippen LogP contribution in [0.15, 0.2) is 16.7 Å². The van der Waals surface area contributed by atoms with Crippen molar-refractivity contribution in [2.75, 3.05) is 0 Å². The van der Waals surface area contributed by atoms with Crippen molar-refractivity contribution in [1.29, 1.82) is 0 Å². The largest absolute Gasteiger partial charge is 0.481 e. The van der Waals surface area contributed by atoms with E-state index in [0.717, 1.165) is 11.3 Å². The highest BCUT2D eigenvalue weighted by Crippen LogP contribution is 2.14. The first-order chi connectivity index (χ1) is 5.61. The highest BCUT2D eigenvalue weighted by atomic mass is 16.4. The Morgan fingerprint density at radius 3 is 2.83 bits per heavy atom. The average Bonchev–Trinajstić information content (AvgIpc) is 2.36. The Morgan fingerprint density at radius 1 is 1.75 bits per heavy atom. The molecule has 0 radical (unpaired) electrons. The lowest BCUT2D eigenvalue weighted by Gasteiger charge is -2.03. The Kier molecular flexibility index (Phi) is 2.53. The summed E-state index contributed by atoms with van der Waals surface area (Å²) >= 11 is 0. The number of hydrogen-bond acceptors (Lipinski definition) is 2. The van der Waals surface area contributed by atoms with Crippen molar-refractivity contribution in [1.82, 2.24) is 0 Å². The van der Waals surface area contributed by atoms with Gasteiger partial charge in [0.15, 0.2) is 0 Å². The van der Waals surface area contributed by atoms with Gasteiger partial charge in [-0.3, -0.25) is 4.79 Å². The van der Waals surface area contributed by atoms with E-state index >= 15 is 0 Å². The molecule has 0 bridgehead atoms. The van der Waals surface area contributed by atoms with Gasteiger partial charge in [-0.15, -0.1) is 0 Å². The molecular formula is C9H12O3. The lowest BCUT2D eigenvalue weighted by Crippen LogP contribution is -2.12.